The lowest BCUT2D eigenvalue weighted by molar-refractivity contribution is -0.384. The van der Waals surface area contributed by atoms with Crippen molar-refractivity contribution in [2.45, 2.75) is 17.0 Å². The van der Waals surface area contributed by atoms with E-state index < -0.39 is 44.8 Å². The van der Waals surface area contributed by atoms with Gasteiger partial charge in [0.25, 0.3) is 11.6 Å². The zero-order chi connectivity index (χ0) is 18.5. The first-order chi connectivity index (χ1) is 11.0. The number of nitro benzene ring substituents is 1. The van der Waals surface area contributed by atoms with Crippen LogP contribution in [0.25, 0.3) is 0 Å². The maximum atomic E-state index is 11.5. The highest BCUT2D eigenvalue weighted by atomic mass is 35.5. The molecule has 0 aliphatic rings. The van der Waals surface area contributed by atoms with E-state index in [-0.39, 0.29) is 11.3 Å². The molecular weight excluding hydrogens is 391 g/mol. The van der Waals surface area contributed by atoms with Crippen molar-refractivity contribution in [2.75, 3.05) is 6.61 Å². The van der Waals surface area contributed by atoms with Crippen LogP contribution in [-0.2, 0) is 19.4 Å². The van der Waals surface area contributed by atoms with Gasteiger partial charge in [-0.2, -0.15) is 8.42 Å². The molecule has 0 aliphatic carbocycles. The third kappa shape index (κ3) is 6.55. The number of aliphatic hydroxyl groups excluding tert-OH is 1. The van der Waals surface area contributed by atoms with Gasteiger partial charge in [0.15, 0.2) is 4.84 Å². The number of alkyl halides is 2. The van der Waals surface area contributed by atoms with Gasteiger partial charge in [0.1, 0.15) is 6.10 Å². The number of aliphatic hydroxyl groups is 1. The maximum absolute atomic E-state index is 11.5. The van der Waals surface area contributed by atoms with E-state index >= 15 is 0 Å². The molecule has 2 atom stereocenters. The number of nitro groups is 1. The number of carbonyl (C=O) groups excluding carboxylic acids is 1. The van der Waals surface area contributed by atoms with Gasteiger partial charge in [-0.15, -0.1) is 0 Å². The molecule has 1 rings (SSSR count). The number of halogens is 2. The molecule has 3 N–H and O–H groups in total. The van der Waals surface area contributed by atoms with E-state index in [9.17, 15) is 28.4 Å². The first-order valence-electron chi connectivity index (χ1n) is 6.14. The van der Waals surface area contributed by atoms with Crippen molar-refractivity contribution in [1.82, 2.24) is 5.32 Å². The molecule has 10 nitrogen and oxygen atoms in total. The summed E-state index contributed by atoms with van der Waals surface area (Å²) in [6, 6.07) is 3.25. The van der Waals surface area contributed by atoms with Gasteiger partial charge in [-0.05, 0) is 17.7 Å². The predicted octanol–water partition coefficient (Wildman–Crippen LogP) is 0.736. The summed E-state index contributed by atoms with van der Waals surface area (Å²) in [7, 11) is -4.83. The van der Waals surface area contributed by atoms with Gasteiger partial charge in [-0.25, -0.2) is 4.18 Å². The zero-order valence-electron chi connectivity index (χ0n) is 11.7. The Morgan fingerprint density at radius 1 is 1.33 bits per heavy atom. The van der Waals surface area contributed by atoms with Crippen molar-refractivity contribution in [3.8, 4) is 0 Å². The molecule has 0 aliphatic heterocycles. The monoisotopic (exact) mass is 402 g/mol. The van der Waals surface area contributed by atoms with Gasteiger partial charge in [0.2, 0.25) is 0 Å². The van der Waals surface area contributed by atoms with Crippen molar-refractivity contribution >= 4 is 45.2 Å². The summed E-state index contributed by atoms with van der Waals surface area (Å²) in [6.45, 7) is -0.830. The van der Waals surface area contributed by atoms with Crippen LogP contribution in [0.3, 0.4) is 0 Å². The number of hydrogen-bond donors (Lipinski definition) is 3. The van der Waals surface area contributed by atoms with E-state index in [1.807, 2.05) is 0 Å². The van der Waals surface area contributed by atoms with Crippen LogP contribution in [0.15, 0.2) is 24.3 Å². The summed E-state index contributed by atoms with van der Waals surface area (Å²) < 4.78 is 34.0. The smallest absolute Gasteiger partial charge is 0.386 e. The zero-order valence-corrected chi connectivity index (χ0v) is 14.0. The second-order valence-corrected chi connectivity index (χ2v) is 6.61. The molecule has 0 unspecified atom stereocenters. The molecule has 0 saturated carbocycles. The fourth-order valence-corrected chi connectivity index (χ4v) is 2.09. The summed E-state index contributed by atoms with van der Waals surface area (Å²) in [5, 5.41) is 22.9. The Morgan fingerprint density at radius 3 is 2.29 bits per heavy atom. The van der Waals surface area contributed by atoms with E-state index in [2.05, 4.69) is 9.50 Å². The Kier molecular flexibility index (Phi) is 7.32. The summed E-state index contributed by atoms with van der Waals surface area (Å²) in [6.07, 6.45) is -1.52. The standard InChI is InChI=1S/C11H12Cl2N2O8S/c12-10(13)11(17)14-8(5-23-24(20,21)22)9(16)6-1-3-7(4-2-6)15(18)19/h1-4,8-10,16H,5H2,(H,14,17)(H,20,21,22)/t8-,9-/m1/s1. The molecule has 1 aromatic rings. The van der Waals surface area contributed by atoms with E-state index in [0.717, 1.165) is 12.1 Å². The average Bonchev–Trinajstić information content (AvgIpc) is 2.49. The minimum absolute atomic E-state index is 0.116. The second kappa shape index (κ2) is 8.55. The Hall–Kier alpha value is -1.50. The second-order valence-electron chi connectivity index (χ2n) is 4.42. The number of nitrogens with one attached hydrogen (secondary N) is 1. The molecule has 0 saturated heterocycles. The van der Waals surface area contributed by atoms with E-state index in [0.29, 0.717) is 0 Å². The largest absolute Gasteiger partial charge is 0.397 e. The number of nitrogens with zero attached hydrogens (tertiary/aromatic N) is 1. The van der Waals surface area contributed by atoms with Gasteiger partial charge in [0.05, 0.1) is 17.6 Å². The van der Waals surface area contributed by atoms with Crippen LogP contribution >= 0.6 is 23.2 Å². The first-order valence-corrected chi connectivity index (χ1v) is 8.38. The molecule has 0 bridgehead atoms. The summed E-state index contributed by atoms with van der Waals surface area (Å²) in [5.41, 5.74) is -0.118. The molecule has 0 radical (unpaired) electrons. The first kappa shape index (κ1) is 20.5. The van der Waals surface area contributed by atoms with Crippen LogP contribution in [0.5, 0.6) is 0 Å². The molecule has 0 fully saturated rings. The molecule has 1 amide bonds. The highest BCUT2D eigenvalue weighted by Crippen LogP contribution is 2.21. The van der Waals surface area contributed by atoms with Crippen LogP contribution in [0.1, 0.15) is 11.7 Å². The number of benzene rings is 1. The van der Waals surface area contributed by atoms with Crippen LogP contribution in [-0.4, -0.2) is 46.4 Å². The minimum Gasteiger partial charge on any atom is -0.386 e. The predicted molar refractivity (Wildman–Crippen MR) is 83.0 cm³/mol. The minimum atomic E-state index is -4.83. The van der Waals surface area contributed by atoms with Gasteiger partial charge in [0, 0.05) is 12.1 Å². The summed E-state index contributed by atoms with van der Waals surface area (Å²) >= 11 is 10.7. The van der Waals surface area contributed by atoms with Crippen LogP contribution in [0.2, 0.25) is 0 Å². The molecule has 24 heavy (non-hydrogen) atoms. The van der Waals surface area contributed by atoms with E-state index in [1.165, 1.54) is 12.1 Å². The number of hydrogen-bond acceptors (Lipinski definition) is 7. The summed E-state index contributed by atoms with van der Waals surface area (Å²) in [4.78, 5) is 20.0. The van der Waals surface area contributed by atoms with Crippen LogP contribution in [0, 0.1) is 10.1 Å². The average molecular weight is 403 g/mol. The molecule has 0 spiro atoms. The van der Waals surface area contributed by atoms with Gasteiger partial charge >= 0.3 is 10.4 Å². The van der Waals surface area contributed by atoms with Gasteiger partial charge < -0.3 is 10.4 Å². The number of rotatable bonds is 8. The Labute approximate surface area is 146 Å². The molecule has 1 aromatic carbocycles. The lowest BCUT2D eigenvalue weighted by Gasteiger charge is -2.24. The van der Waals surface area contributed by atoms with Gasteiger partial charge in [-0.1, -0.05) is 23.2 Å². The lowest BCUT2D eigenvalue weighted by Crippen LogP contribution is -2.45. The van der Waals surface area contributed by atoms with Gasteiger partial charge in [-0.3, -0.25) is 19.5 Å². The normalized spacial score (nSPS) is 14.2. The molecule has 134 valence electrons. The Morgan fingerprint density at radius 2 is 1.88 bits per heavy atom. The molecule has 0 aromatic heterocycles. The van der Waals surface area contributed by atoms with E-state index in [4.69, 9.17) is 27.8 Å². The van der Waals surface area contributed by atoms with Crippen molar-refractivity contribution in [3.05, 3.63) is 39.9 Å². The Bertz CT molecular complexity index is 694. The lowest BCUT2D eigenvalue weighted by atomic mass is 10.0. The molecule has 0 heterocycles. The third-order valence-corrected chi connectivity index (χ3v) is 3.58. The van der Waals surface area contributed by atoms with Crippen molar-refractivity contribution in [2.24, 2.45) is 0 Å². The Balaban J connectivity index is 2.98. The topological polar surface area (TPSA) is 156 Å². The fraction of sp³-hybridized carbons (Fsp3) is 0.364. The quantitative estimate of drug-likeness (QED) is 0.248. The highest BCUT2D eigenvalue weighted by molar-refractivity contribution is 7.80. The highest BCUT2D eigenvalue weighted by Gasteiger charge is 2.27. The van der Waals surface area contributed by atoms with Crippen LogP contribution < -0.4 is 5.32 Å². The van der Waals surface area contributed by atoms with Crippen molar-refractivity contribution in [3.63, 3.8) is 0 Å². The van der Waals surface area contributed by atoms with Crippen molar-refractivity contribution < 1.29 is 32.0 Å². The maximum Gasteiger partial charge on any atom is 0.397 e. The third-order valence-electron chi connectivity index (χ3n) is 2.75. The number of non-ortho nitro benzene ring substituents is 1. The fourth-order valence-electron chi connectivity index (χ4n) is 1.64. The number of carbonyl (C=O) groups is 1. The summed E-state index contributed by atoms with van der Waals surface area (Å²) in [5.74, 6) is -0.941. The molecule has 13 heteroatoms. The van der Waals surface area contributed by atoms with Crippen LogP contribution in [0.4, 0.5) is 5.69 Å². The number of amides is 1. The van der Waals surface area contributed by atoms with Crippen molar-refractivity contribution in [1.29, 1.82) is 0 Å². The van der Waals surface area contributed by atoms with E-state index in [1.54, 1.807) is 0 Å². The molecular formula is C11H12Cl2N2O8S. The SMILES string of the molecule is O=C(N[C@H](COS(=O)(=O)O)[C@H](O)c1ccc([N+](=O)[O-])cc1)C(Cl)Cl.